The molecule has 0 unspecified atom stereocenters. The van der Waals surface area contributed by atoms with Crippen molar-refractivity contribution < 1.29 is 9.90 Å². The second-order valence-corrected chi connectivity index (χ2v) is 5.63. The summed E-state index contributed by atoms with van der Waals surface area (Å²) in [6.45, 7) is 5.38. The number of aromatic amines is 1. The molecule has 1 saturated heterocycles. The van der Waals surface area contributed by atoms with Crippen LogP contribution in [-0.2, 0) is 6.42 Å². The van der Waals surface area contributed by atoms with E-state index in [0.717, 1.165) is 29.4 Å². The number of H-pyrrole nitrogens is 1. The van der Waals surface area contributed by atoms with Crippen molar-refractivity contribution in [1.29, 1.82) is 0 Å². The van der Waals surface area contributed by atoms with Gasteiger partial charge in [-0.25, -0.2) is 4.79 Å². The molecule has 0 atom stereocenters. The van der Waals surface area contributed by atoms with Crippen LogP contribution in [0.1, 0.15) is 34.3 Å². The first-order chi connectivity index (χ1) is 9.65. The lowest BCUT2D eigenvalue weighted by Gasteiger charge is -2.13. The lowest BCUT2D eigenvalue weighted by Crippen LogP contribution is -2.21. The maximum Gasteiger partial charge on any atom is 0.336 e. The van der Waals surface area contributed by atoms with Gasteiger partial charge in [0, 0.05) is 23.6 Å². The number of likely N-dealkylation sites (tertiary alicyclic amines) is 1. The Bertz CT molecular complexity index is 639. The van der Waals surface area contributed by atoms with Crippen LogP contribution in [0.5, 0.6) is 0 Å². The second kappa shape index (κ2) is 5.29. The summed E-state index contributed by atoms with van der Waals surface area (Å²) in [5.74, 6) is -0.863. The first-order valence-electron chi connectivity index (χ1n) is 7.21. The Labute approximate surface area is 118 Å². The van der Waals surface area contributed by atoms with E-state index in [1.165, 1.54) is 31.5 Å². The molecule has 20 heavy (non-hydrogen) atoms. The Morgan fingerprint density at radius 1 is 1.35 bits per heavy atom. The van der Waals surface area contributed by atoms with Crippen molar-refractivity contribution in [2.24, 2.45) is 0 Å². The molecule has 1 aromatic heterocycles. The fourth-order valence-electron chi connectivity index (χ4n) is 3.06. The van der Waals surface area contributed by atoms with Gasteiger partial charge < -0.3 is 15.0 Å². The van der Waals surface area contributed by atoms with Crippen molar-refractivity contribution in [2.75, 3.05) is 19.6 Å². The molecule has 0 bridgehead atoms. The zero-order valence-electron chi connectivity index (χ0n) is 11.8. The molecule has 1 fully saturated rings. The van der Waals surface area contributed by atoms with Crippen LogP contribution in [-0.4, -0.2) is 40.6 Å². The fraction of sp³-hybridized carbons (Fsp3) is 0.438. The van der Waals surface area contributed by atoms with Crippen LogP contribution in [0.2, 0.25) is 0 Å². The van der Waals surface area contributed by atoms with E-state index in [4.69, 9.17) is 5.11 Å². The zero-order chi connectivity index (χ0) is 14.1. The molecule has 2 heterocycles. The highest BCUT2D eigenvalue weighted by atomic mass is 16.4. The Hall–Kier alpha value is -1.81. The molecular weight excluding hydrogens is 252 g/mol. The van der Waals surface area contributed by atoms with Crippen molar-refractivity contribution >= 4 is 16.9 Å². The van der Waals surface area contributed by atoms with E-state index >= 15 is 0 Å². The summed E-state index contributed by atoms with van der Waals surface area (Å²) in [4.78, 5) is 16.9. The van der Waals surface area contributed by atoms with Gasteiger partial charge in [-0.3, -0.25) is 0 Å². The summed E-state index contributed by atoms with van der Waals surface area (Å²) in [6.07, 6.45) is 5.67. The van der Waals surface area contributed by atoms with E-state index in [0.29, 0.717) is 5.56 Å². The van der Waals surface area contributed by atoms with Crippen molar-refractivity contribution in [1.82, 2.24) is 9.88 Å². The molecule has 4 heteroatoms. The summed E-state index contributed by atoms with van der Waals surface area (Å²) >= 11 is 0. The summed E-state index contributed by atoms with van der Waals surface area (Å²) in [5.41, 5.74) is 3.41. The van der Waals surface area contributed by atoms with Crippen LogP contribution < -0.4 is 0 Å². The zero-order valence-corrected chi connectivity index (χ0v) is 11.8. The van der Waals surface area contributed by atoms with Crippen LogP contribution in [0, 0.1) is 6.92 Å². The van der Waals surface area contributed by atoms with E-state index < -0.39 is 5.97 Å². The standard InChI is InChI=1S/C16H20N2O2/c1-11-8-14-12(4-7-18-5-2-3-6-18)10-17-15(14)9-13(11)16(19)20/h8-10,17H,2-7H2,1H3,(H,19,20). The van der Waals surface area contributed by atoms with Crippen LogP contribution >= 0.6 is 0 Å². The number of nitrogens with zero attached hydrogens (tertiary/aromatic N) is 1. The SMILES string of the molecule is Cc1cc2c(CCN3CCCC3)c[nH]c2cc1C(=O)O. The molecule has 1 aliphatic heterocycles. The summed E-state index contributed by atoms with van der Waals surface area (Å²) in [5, 5.41) is 10.3. The number of aromatic nitrogens is 1. The average Bonchev–Trinajstić information content (AvgIpc) is 3.04. The minimum absolute atomic E-state index is 0.380. The fourth-order valence-corrected chi connectivity index (χ4v) is 3.06. The lowest BCUT2D eigenvalue weighted by atomic mass is 10.0. The lowest BCUT2D eigenvalue weighted by molar-refractivity contribution is 0.0696. The third-order valence-electron chi connectivity index (χ3n) is 4.24. The van der Waals surface area contributed by atoms with E-state index in [1.807, 2.05) is 19.2 Å². The second-order valence-electron chi connectivity index (χ2n) is 5.63. The first kappa shape index (κ1) is 13.2. The van der Waals surface area contributed by atoms with E-state index in [9.17, 15) is 4.79 Å². The van der Waals surface area contributed by atoms with Crippen molar-refractivity contribution in [3.63, 3.8) is 0 Å². The van der Waals surface area contributed by atoms with Crippen molar-refractivity contribution in [3.8, 4) is 0 Å². The van der Waals surface area contributed by atoms with Gasteiger partial charge in [0.15, 0.2) is 0 Å². The minimum atomic E-state index is -0.863. The van der Waals surface area contributed by atoms with Gasteiger partial charge in [-0.1, -0.05) is 0 Å². The maximum atomic E-state index is 11.2. The molecule has 1 aliphatic rings. The van der Waals surface area contributed by atoms with Gasteiger partial charge in [-0.2, -0.15) is 0 Å². The number of aryl methyl sites for hydroxylation is 1. The van der Waals surface area contributed by atoms with Crippen LogP contribution in [0.15, 0.2) is 18.3 Å². The largest absolute Gasteiger partial charge is 0.478 e. The number of benzene rings is 1. The third kappa shape index (κ3) is 2.43. The third-order valence-corrected chi connectivity index (χ3v) is 4.24. The van der Waals surface area contributed by atoms with Gasteiger partial charge in [0.05, 0.1) is 5.56 Å². The molecule has 2 N–H and O–H groups in total. The first-order valence-corrected chi connectivity index (χ1v) is 7.21. The maximum absolute atomic E-state index is 11.2. The van der Waals surface area contributed by atoms with Gasteiger partial charge in [-0.15, -0.1) is 0 Å². The Morgan fingerprint density at radius 2 is 2.10 bits per heavy atom. The Balaban J connectivity index is 1.85. The molecule has 106 valence electrons. The molecule has 1 aromatic carbocycles. The molecule has 0 spiro atoms. The van der Waals surface area contributed by atoms with Crippen LogP contribution in [0.25, 0.3) is 10.9 Å². The van der Waals surface area contributed by atoms with Gasteiger partial charge >= 0.3 is 5.97 Å². The van der Waals surface area contributed by atoms with Crippen LogP contribution in [0.3, 0.4) is 0 Å². The average molecular weight is 272 g/mol. The van der Waals surface area contributed by atoms with E-state index in [2.05, 4.69) is 9.88 Å². The highest BCUT2D eigenvalue weighted by Crippen LogP contribution is 2.23. The number of aromatic carboxylic acids is 1. The minimum Gasteiger partial charge on any atom is -0.478 e. The highest BCUT2D eigenvalue weighted by Gasteiger charge is 2.14. The molecule has 0 aliphatic carbocycles. The Kier molecular flexibility index (Phi) is 3.49. The highest BCUT2D eigenvalue weighted by molar-refractivity contribution is 5.96. The van der Waals surface area contributed by atoms with Gasteiger partial charge in [-0.05, 0) is 62.5 Å². The smallest absolute Gasteiger partial charge is 0.336 e. The van der Waals surface area contributed by atoms with Crippen molar-refractivity contribution in [2.45, 2.75) is 26.2 Å². The number of carboxylic acid groups (broad SMARTS) is 1. The number of hydrogen-bond donors (Lipinski definition) is 2. The molecule has 0 saturated carbocycles. The molecule has 0 amide bonds. The van der Waals surface area contributed by atoms with Gasteiger partial charge in [0.25, 0.3) is 0 Å². The summed E-state index contributed by atoms with van der Waals surface area (Å²) < 4.78 is 0. The summed E-state index contributed by atoms with van der Waals surface area (Å²) in [7, 11) is 0. The molecule has 4 nitrogen and oxygen atoms in total. The number of rotatable bonds is 4. The molecule has 2 aromatic rings. The number of hydrogen-bond acceptors (Lipinski definition) is 2. The number of fused-ring (bicyclic) bond motifs is 1. The Morgan fingerprint density at radius 3 is 2.80 bits per heavy atom. The topological polar surface area (TPSA) is 56.3 Å². The number of carboxylic acids is 1. The molecular formula is C16H20N2O2. The predicted octanol–water partition coefficient (Wildman–Crippen LogP) is 2.81. The van der Waals surface area contributed by atoms with Crippen LogP contribution in [0.4, 0.5) is 0 Å². The quantitative estimate of drug-likeness (QED) is 0.900. The normalized spacial score (nSPS) is 16.1. The number of nitrogens with one attached hydrogen (secondary N) is 1. The van der Waals surface area contributed by atoms with E-state index in [-0.39, 0.29) is 0 Å². The predicted molar refractivity (Wildman–Crippen MR) is 79.4 cm³/mol. The monoisotopic (exact) mass is 272 g/mol. The summed E-state index contributed by atoms with van der Waals surface area (Å²) in [6, 6.07) is 3.74. The van der Waals surface area contributed by atoms with Crippen molar-refractivity contribution in [3.05, 3.63) is 35.0 Å². The molecule has 0 radical (unpaired) electrons. The van der Waals surface area contributed by atoms with E-state index in [1.54, 1.807) is 6.07 Å². The molecule has 3 rings (SSSR count). The number of carbonyl (C=O) groups is 1. The van der Waals surface area contributed by atoms with Gasteiger partial charge in [0.2, 0.25) is 0 Å². The van der Waals surface area contributed by atoms with Gasteiger partial charge in [0.1, 0.15) is 0 Å².